The number of pyridine rings is 1. The summed E-state index contributed by atoms with van der Waals surface area (Å²) in [6.07, 6.45) is 1.44. The summed E-state index contributed by atoms with van der Waals surface area (Å²) in [6, 6.07) is 2.65. The van der Waals surface area contributed by atoms with Gasteiger partial charge in [0.25, 0.3) is 5.91 Å². The van der Waals surface area contributed by atoms with Crippen molar-refractivity contribution in [2.24, 2.45) is 5.73 Å². The first-order valence-corrected chi connectivity index (χ1v) is 3.96. The molecule has 4 nitrogen and oxygen atoms in total. The quantitative estimate of drug-likeness (QED) is 0.704. The lowest BCUT2D eigenvalue weighted by atomic mass is 10.1. The molecule has 0 saturated heterocycles. The molecule has 0 aliphatic rings. The van der Waals surface area contributed by atoms with E-state index in [0.29, 0.717) is 0 Å². The molecule has 0 aromatic carbocycles. The number of H-pyrrole nitrogens is 1. The standard InChI is InChI=1S/C9H7FN3O/c1-4-6(10)5-2-3-12-9(5)13-7(4)8(11)14/h3H,1H3,(H2,11,14)(H,12,13). The average Bonchev–Trinajstić information content (AvgIpc) is 2.58. The number of nitrogens with zero attached hydrogens (tertiary/aromatic N) is 1. The summed E-state index contributed by atoms with van der Waals surface area (Å²) in [6.45, 7) is 1.46. The number of aromatic amines is 1. The predicted molar refractivity (Wildman–Crippen MR) is 48.1 cm³/mol. The number of halogens is 1. The monoisotopic (exact) mass is 192 g/mol. The van der Waals surface area contributed by atoms with E-state index in [0.717, 1.165) is 0 Å². The van der Waals surface area contributed by atoms with Crippen LogP contribution in [0.4, 0.5) is 4.39 Å². The van der Waals surface area contributed by atoms with Crippen molar-refractivity contribution in [1.82, 2.24) is 9.97 Å². The highest BCUT2D eigenvalue weighted by Crippen LogP contribution is 2.19. The van der Waals surface area contributed by atoms with Crippen LogP contribution >= 0.6 is 0 Å². The first-order valence-electron chi connectivity index (χ1n) is 3.96. The Kier molecular flexibility index (Phi) is 1.73. The predicted octanol–water partition coefficient (Wildman–Crippen LogP) is 0.910. The molecule has 2 aromatic rings. The molecular formula is C9H7FN3O. The molecule has 3 N–H and O–H groups in total. The van der Waals surface area contributed by atoms with Crippen LogP contribution in [0.25, 0.3) is 11.0 Å². The van der Waals surface area contributed by atoms with Crippen LogP contribution in [0.2, 0.25) is 0 Å². The van der Waals surface area contributed by atoms with Gasteiger partial charge in [-0.2, -0.15) is 0 Å². The van der Waals surface area contributed by atoms with E-state index in [-0.39, 0.29) is 22.3 Å². The number of nitrogens with two attached hydrogens (primary N) is 1. The Bertz CT molecular complexity index is 518. The lowest BCUT2D eigenvalue weighted by Crippen LogP contribution is -2.16. The number of carbonyl (C=O) groups excluding carboxylic acids is 1. The molecular weight excluding hydrogens is 185 g/mol. The number of hydrogen-bond donors (Lipinski definition) is 2. The largest absolute Gasteiger partial charge is 0.364 e. The maximum atomic E-state index is 13.6. The molecule has 14 heavy (non-hydrogen) atoms. The Labute approximate surface area is 78.9 Å². The summed E-state index contributed by atoms with van der Waals surface area (Å²) in [5, 5.41) is 0.243. The minimum Gasteiger partial charge on any atom is -0.364 e. The summed E-state index contributed by atoms with van der Waals surface area (Å²) in [7, 11) is 0. The smallest absolute Gasteiger partial charge is 0.267 e. The van der Waals surface area contributed by atoms with Gasteiger partial charge in [0, 0.05) is 17.8 Å². The first-order chi connectivity index (χ1) is 6.61. The Morgan fingerprint density at radius 3 is 3.07 bits per heavy atom. The maximum Gasteiger partial charge on any atom is 0.267 e. The number of primary amides is 1. The minimum atomic E-state index is -0.738. The Balaban J connectivity index is 2.87. The molecule has 0 aliphatic heterocycles. The van der Waals surface area contributed by atoms with Gasteiger partial charge in [-0.3, -0.25) is 4.79 Å². The van der Waals surface area contributed by atoms with Crippen molar-refractivity contribution >= 4 is 16.9 Å². The molecule has 0 atom stereocenters. The second kappa shape index (κ2) is 2.80. The number of aromatic nitrogens is 2. The summed E-state index contributed by atoms with van der Waals surface area (Å²) in [4.78, 5) is 17.5. The minimum absolute atomic E-state index is 0.0501. The zero-order valence-electron chi connectivity index (χ0n) is 7.39. The van der Waals surface area contributed by atoms with Crippen LogP contribution in [-0.2, 0) is 0 Å². The van der Waals surface area contributed by atoms with Gasteiger partial charge < -0.3 is 10.7 Å². The third-order valence-corrected chi connectivity index (χ3v) is 2.02. The molecule has 0 aliphatic carbocycles. The van der Waals surface area contributed by atoms with Crippen molar-refractivity contribution in [1.29, 1.82) is 0 Å². The molecule has 0 unspecified atom stereocenters. The van der Waals surface area contributed by atoms with Crippen molar-refractivity contribution < 1.29 is 9.18 Å². The molecule has 71 valence electrons. The molecule has 2 aromatic heterocycles. The summed E-state index contributed by atoms with van der Waals surface area (Å²) >= 11 is 0. The molecule has 2 rings (SSSR count). The summed E-state index contributed by atoms with van der Waals surface area (Å²) in [5.74, 6) is -1.25. The Morgan fingerprint density at radius 2 is 2.43 bits per heavy atom. The SMILES string of the molecule is Cc1c(C(N)=O)nc2[nH]c[c]c2c1F. The highest BCUT2D eigenvalue weighted by molar-refractivity contribution is 5.95. The van der Waals surface area contributed by atoms with Crippen LogP contribution in [-0.4, -0.2) is 15.9 Å². The fraction of sp³-hybridized carbons (Fsp3) is 0.111. The zero-order chi connectivity index (χ0) is 10.3. The number of rotatable bonds is 1. The molecule has 0 fully saturated rings. The van der Waals surface area contributed by atoms with E-state index in [1.807, 2.05) is 0 Å². The van der Waals surface area contributed by atoms with Crippen LogP contribution in [0.5, 0.6) is 0 Å². The average molecular weight is 192 g/mol. The van der Waals surface area contributed by atoms with E-state index in [1.165, 1.54) is 13.1 Å². The molecule has 0 spiro atoms. The van der Waals surface area contributed by atoms with Gasteiger partial charge in [0.15, 0.2) is 0 Å². The third-order valence-electron chi connectivity index (χ3n) is 2.02. The number of carbonyl (C=O) groups is 1. The first kappa shape index (κ1) is 8.68. The van der Waals surface area contributed by atoms with E-state index >= 15 is 0 Å². The number of nitrogens with one attached hydrogen (secondary N) is 1. The van der Waals surface area contributed by atoms with Crippen LogP contribution in [0.3, 0.4) is 0 Å². The molecule has 1 amide bonds. The Morgan fingerprint density at radius 1 is 1.71 bits per heavy atom. The molecule has 0 saturated carbocycles. The normalized spacial score (nSPS) is 10.7. The summed E-state index contributed by atoms with van der Waals surface area (Å²) in [5.41, 5.74) is 5.43. The van der Waals surface area contributed by atoms with Crippen molar-refractivity contribution in [2.75, 3.05) is 0 Å². The van der Waals surface area contributed by atoms with Gasteiger partial charge in [-0.05, 0) is 6.92 Å². The lowest BCUT2D eigenvalue weighted by molar-refractivity contribution is 0.0994. The summed E-state index contributed by atoms with van der Waals surface area (Å²) < 4.78 is 13.6. The topological polar surface area (TPSA) is 71.8 Å². The van der Waals surface area contributed by atoms with Crippen LogP contribution in [0.1, 0.15) is 16.1 Å². The number of amides is 1. The van der Waals surface area contributed by atoms with Crippen molar-refractivity contribution in [3.8, 4) is 0 Å². The zero-order valence-corrected chi connectivity index (χ0v) is 7.39. The van der Waals surface area contributed by atoms with Crippen molar-refractivity contribution in [3.05, 3.63) is 29.3 Å². The molecule has 5 heteroatoms. The highest BCUT2D eigenvalue weighted by atomic mass is 19.1. The second-order valence-electron chi connectivity index (χ2n) is 2.92. The fourth-order valence-electron chi connectivity index (χ4n) is 1.30. The van der Waals surface area contributed by atoms with E-state index in [2.05, 4.69) is 16.0 Å². The van der Waals surface area contributed by atoms with E-state index in [4.69, 9.17) is 5.73 Å². The highest BCUT2D eigenvalue weighted by Gasteiger charge is 2.15. The van der Waals surface area contributed by atoms with E-state index < -0.39 is 11.7 Å². The van der Waals surface area contributed by atoms with Crippen LogP contribution in [0, 0.1) is 18.8 Å². The van der Waals surface area contributed by atoms with Gasteiger partial charge in [-0.25, -0.2) is 9.37 Å². The second-order valence-corrected chi connectivity index (χ2v) is 2.92. The molecule has 1 radical (unpaired) electrons. The van der Waals surface area contributed by atoms with Gasteiger partial charge in [0.05, 0.1) is 5.39 Å². The fourth-order valence-corrected chi connectivity index (χ4v) is 1.30. The van der Waals surface area contributed by atoms with E-state index in [9.17, 15) is 9.18 Å². The van der Waals surface area contributed by atoms with Gasteiger partial charge in [0.1, 0.15) is 17.2 Å². The van der Waals surface area contributed by atoms with Gasteiger partial charge in [-0.15, -0.1) is 0 Å². The van der Waals surface area contributed by atoms with Gasteiger partial charge >= 0.3 is 0 Å². The molecule has 2 heterocycles. The van der Waals surface area contributed by atoms with E-state index in [1.54, 1.807) is 0 Å². The third kappa shape index (κ3) is 1.06. The Hall–Kier alpha value is -1.91. The maximum absolute atomic E-state index is 13.6. The molecule has 0 bridgehead atoms. The number of fused-ring (bicyclic) bond motifs is 1. The lowest BCUT2D eigenvalue weighted by Gasteiger charge is -2.02. The van der Waals surface area contributed by atoms with Crippen molar-refractivity contribution in [3.63, 3.8) is 0 Å². The van der Waals surface area contributed by atoms with Crippen molar-refractivity contribution in [2.45, 2.75) is 6.92 Å². The van der Waals surface area contributed by atoms with Gasteiger partial charge in [-0.1, -0.05) is 0 Å². The van der Waals surface area contributed by atoms with Crippen LogP contribution < -0.4 is 5.73 Å². The van der Waals surface area contributed by atoms with Gasteiger partial charge in [0.2, 0.25) is 0 Å². The van der Waals surface area contributed by atoms with Crippen LogP contribution in [0.15, 0.2) is 6.20 Å². The number of hydrogen-bond acceptors (Lipinski definition) is 2.